The lowest BCUT2D eigenvalue weighted by atomic mass is 10.1. The predicted molar refractivity (Wildman–Crippen MR) is 89.7 cm³/mol. The smallest absolute Gasteiger partial charge is 0.242 e. The molecule has 2 aromatic carbocycles. The lowest BCUT2D eigenvalue weighted by Crippen LogP contribution is -2.36. The first-order valence-corrected chi connectivity index (χ1v) is 8.81. The standard InChI is InChI=1S/C16H17ClN2O3S/c1-12-5-4-6-13(9-12)10-18-16(20)11-19-23(21,22)15-8-3-2-7-14(15)17/h2-9,19H,10-11H2,1H3,(H,18,20). The van der Waals surface area contributed by atoms with E-state index in [1.54, 1.807) is 12.1 Å². The first kappa shape index (κ1) is 17.5. The molecule has 0 saturated heterocycles. The molecule has 0 bridgehead atoms. The molecular formula is C16H17ClN2O3S. The Morgan fingerprint density at radius 2 is 1.87 bits per heavy atom. The summed E-state index contributed by atoms with van der Waals surface area (Å²) in [5.41, 5.74) is 2.04. The molecule has 2 rings (SSSR count). The van der Waals surface area contributed by atoms with Crippen LogP contribution < -0.4 is 10.0 Å². The third-order valence-electron chi connectivity index (χ3n) is 3.12. The Morgan fingerprint density at radius 1 is 1.13 bits per heavy atom. The van der Waals surface area contributed by atoms with Crippen molar-refractivity contribution >= 4 is 27.5 Å². The van der Waals surface area contributed by atoms with E-state index in [1.807, 2.05) is 31.2 Å². The van der Waals surface area contributed by atoms with E-state index in [0.717, 1.165) is 11.1 Å². The van der Waals surface area contributed by atoms with Crippen molar-refractivity contribution in [1.29, 1.82) is 0 Å². The van der Waals surface area contributed by atoms with Gasteiger partial charge in [0.15, 0.2) is 0 Å². The van der Waals surface area contributed by atoms with Gasteiger partial charge < -0.3 is 5.32 Å². The second-order valence-corrected chi connectivity index (χ2v) is 7.16. The van der Waals surface area contributed by atoms with Crippen LogP contribution in [0.25, 0.3) is 0 Å². The van der Waals surface area contributed by atoms with Gasteiger partial charge in [0, 0.05) is 6.54 Å². The van der Waals surface area contributed by atoms with Crippen molar-refractivity contribution in [2.75, 3.05) is 6.54 Å². The minimum atomic E-state index is -3.82. The van der Waals surface area contributed by atoms with Crippen molar-refractivity contribution < 1.29 is 13.2 Å². The number of sulfonamides is 1. The highest BCUT2D eigenvalue weighted by molar-refractivity contribution is 7.89. The zero-order valence-electron chi connectivity index (χ0n) is 12.5. The molecule has 0 spiro atoms. The van der Waals surface area contributed by atoms with E-state index in [4.69, 9.17) is 11.6 Å². The highest BCUT2D eigenvalue weighted by Crippen LogP contribution is 2.19. The number of amides is 1. The SMILES string of the molecule is Cc1cccc(CNC(=O)CNS(=O)(=O)c2ccccc2Cl)c1. The Balaban J connectivity index is 1.90. The number of carbonyl (C=O) groups excluding carboxylic acids is 1. The maximum atomic E-state index is 12.1. The summed E-state index contributed by atoms with van der Waals surface area (Å²) < 4.78 is 26.4. The molecule has 2 N–H and O–H groups in total. The van der Waals surface area contributed by atoms with Gasteiger partial charge in [-0.15, -0.1) is 0 Å². The third-order valence-corrected chi connectivity index (χ3v) is 5.02. The Hall–Kier alpha value is -1.89. The fourth-order valence-corrected chi connectivity index (χ4v) is 3.49. The molecule has 0 aliphatic carbocycles. The minimum Gasteiger partial charge on any atom is -0.351 e. The van der Waals surface area contributed by atoms with Gasteiger partial charge in [0.25, 0.3) is 0 Å². The van der Waals surface area contributed by atoms with Gasteiger partial charge in [-0.05, 0) is 24.6 Å². The van der Waals surface area contributed by atoms with Crippen LogP contribution in [0.15, 0.2) is 53.4 Å². The fraction of sp³-hybridized carbons (Fsp3) is 0.188. The van der Waals surface area contributed by atoms with Gasteiger partial charge in [-0.1, -0.05) is 53.6 Å². The molecule has 0 unspecified atom stereocenters. The largest absolute Gasteiger partial charge is 0.351 e. The van der Waals surface area contributed by atoms with Crippen LogP contribution in [0.2, 0.25) is 5.02 Å². The molecule has 0 saturated carbocycles. The Bertz CT molecular complexity index is 806. The van der Waals surface area contributed by atoms with E-state index in [0.29, 0.717) is 6.54 Å². The van der Waals surface area contributed by atoms with Gasteiger partial charge in [-0.25, -0.2) is 13.1 Å². The van der Waals surface area contributed by atoms with Crippen molar-refractivity contribution in [3.63, 3.8) is 0 Å². The summed E-state index contributed by atoms with van der Waals surface area (Å²) in [6.07, 6.45) is 0. The number of rotatable bonds is 6. The molecule has 0 aliphatic rings. The number of carbonyl (C=O) groups is 1. The molecule has 2 aromatic rings. The van der Waals surface area contributed by atoms with Crippen molar-refractivity contribution in [3.05, 3.63) is 64.7 Å². The monoisotopic (exact) mass is 352 g/mol. The summed E-state index contributed by atoms with van der Waals surface area (Å²) in [5.74, 6) is -0.415. The second-order valence-electron chi connectivity index (χ2n) is 5.02. The van der Waals surface area contributed by atoms with Gasteiger partial charge in [-0.3, -0.25) is 4.79 Å². The number of aryl methyl sites for hydroxylation is 1. The van der Waals surface area contributed by atoms with E-state index >= 15 is 0 Å². The van der Waals surface area contributed by atoms with Crippen molar-refractivity contribution in [1.82, 2.24) is 10.0 Å². The van der Waals surface area contributed by atoms with Crippen LogP contribution in [0.4, 0.5) is 0 Å². The summed E-state index contributed by atoms with van der Waals surface area (Å²) in [7, 11) is -3.82. The molecule has 0 aliphatic heterocycles. The zero-order valence-corrected chi connectivity index (χ0v) is 14.1. The number of halogens is 1. The van der Waals surface area contributed by atoms with Crippen LogP contribution >= 0.6 is 11.6 Å². The van der Waals surface area contributed by atoms with Crippen LogP contribution in [-0.2, 0) is 21.4 Å². The highest BCUT2D eigenvalue weighted by Gasteiger charge is 2.18. The van der Waals surface area contributed by atoms with E-state index in [-0.39, 0.29) is 16.5 Å². The van der Waals surface area contributed by atoms with Crippen molar-refractivity contribution in [2.45, 2.75) is 18.4 Å². The number of benzene rings is 2. The Morgan fingerprint density at radius 3 is 2.57 bits per heavy atom. The zero-order chi connectivity index (χ0) is 16.9. The van der Waals surface area contributed by atoms with E-state index in [1.165, 1.54) is 12.1 Å². The number of hydrogen-bond donors (Lipinski definition) is 2. The van der Waals surface area contributed by atoms with Crippen LogP contribution in [0.3, 0.4) is 0 Å². The van der Waals surface area contributed by atoms with Crippen molar-refractivity contribution in [3.8, 4) is 0 Å². The molecular weight excluding hydrogens is 336 g/mol. The topological polar surface area (TPSA) is 75.3 Å². The van der Waals surface area contributed by atoms with Gasteiger partial charge >= 0.3 is 0 Å². The van der Waals surface area contributed by atoms with Gasteiger partial charge in [0.2, 0.25) is 15.9 Å². The highest BCUT2D eigenvalue weighted by atomic mass is 35.5. The van der Waals surface area contributed by atoms with Crippen molar-refractivity contribution in [2.24, 2.45) is 0 Å². The van der Waals surface area contributed by atoms with E-state index in [9.17, 15) is 13.2 Å². The molecule has 5 nitrogen and oxygen atoms in total. The molecule has 0 radical (unpaired) electrons. The van der Waals surface area contributed by atoms with Crippen LogP contribution in [0.5, 0.6) is 0 Å². The molecule has 0 heterocycles. The number of nitrogens with one attached hydrogen (secondary N) is 2. The maximum Gasteiger partial charge on any atom is 0.242 e. The fourth-order valence-electron chi connectivity index (χ4n) is 1.99. The lowest BCUT2D eigenvalue weighted by molar-refractivity contribution is -0.120. The van der Waals surface area contributed by atoms with Crippen LogP contribution in [0.1, 0.15) is 11.1 Å². The summed E-state index contributed by atoms with van der Waals surface area (Å²) in [4.78, 5) is 11.7. The normalized spacial score (nSPS) is 11.2. The molecule has 1 amide bonds. The van der Waals surface area contributed by atoms with Gasteiger partial charge in [-0.2, -0.15) is 0 Å². The third kappa shape index (κ3) is 5.06. The summed E-state index contributed by atoms with van der Waals surface area (Å²) in [6, 6.07) is 13.8. The molecule has 23 heavy (non-hydrogen) atoms. The lowest BCUT2D eigenvalue weighted by Gasteiger charge is -2.09. The molecule has 0 aromatic heterocycles. The van der Waals surface area contributed by atoms with E-state index in [2.05, 4.69) is 10.0 Å². The summed E-state index contributed by atoms with van der Waals surface area (Å²) in [6.45, 7) is 1.96. The van der Waals surface area contributed by atoms with Crippen LogP contribution in [0, 0.1) is 6.92 Å². The van der Waals surface area contributed by atoms with Gasteiger partial charge in [0.1, 0.15) is 4.90 Å². The Kier molecular flexibility index (Phi) is 5.76. The average Bonchev–Trinajstić information content (AvgIpc) is 2.51. The summed E-state index contributed by atoms with van der Waals surface area (Å²) in [5, 5.41) is 2.78. The minimum absolute atomic E-state index is 0.0480. The number of hydrogen-bond acceptors (Lipinski definition) is 3. The molecule has 7 heteroatoms. The molecule has 0 fully saturated rings. The summed E-state index contributed by atoms with van der Waals surface area (Å²) >= 11 is 5.86. The first-order valence-electron chi connectivity index (χ1n) is 6.95. The van der Waals surface area contributed by atoms with Gasteiger partial charge in [0.05, 0.1) is 11.6 Å². The Labute approximate surface area is 140 Å². The second kappa shape index (κ2) is 7.59. The first-order chi connectivity index (χ1) is 10.9. The maximum absolute atomic E-state index is 12.1. The average molecular weight is 353 g/mol. The molecule has 122 valence electrons. The van der Waals surface area contributed by atoms with Crippen LogP contribution in [-0.4, -0.2) is 20.9 Å². The molecule has 0 atom stereocenters. The predicted octanol–water partition coefficient (Wildman–Crippen LogP) is 2.24. The van der Waals surface area contributed by atoms with E-state index < -0.39 is 15.9 Å². The quantitative estimate of drug-likeness (QED) is 0.837.